The van der Waals surface area contributed by atoms with Crippen LogP contribution in [0, 0.1) is 5.92 Å². The number of urea groups is 1. The van der Waals surface area contributed by atoms with Crippen molar-refractivity contribution in [3.8, 4) is 0 Å². The number of rotatable bonds is 2. The van der Waals surface area contributed by atoms with Gasteiger partial charge in [-0.25, -0.2) is 4.79 Å². The molecule has 4 nitrogen and oxygen atoms in total. The lowest BCUT2D eigenvalue weighted by molar-refractivity contribution is -0.129. The SMILES string of the molecule is CCCN1C(=O)C2CCC3CCCCC3N2C1=O. The van der Waals surface area contributed by atoms with Crippen molar-refractivity contribution in [3.05, 3.63) is 0 Å². The first kappa shape index (κ1) is 12.0. The minimum absolute atomic E-state index is 0.0107. The lowest BCUT2D eigenvalue weighted by Gasteiger charge is -2.44. The second-order valence-electron chi connectivity index (χ2n) is 5.88. The Bertz CT molecular complexity index is 369. The Morgan fingerprint density at radius 2 is 1.89 bits per heavy atom. The summed E-state index contributed by atoms with van der Waals surface area (Å²) in [5.41, 5.74) is 0. The van der Waals surface area contributed by atoms with Gasteiger partial charge in [0.05, 0.1) is 0 Å². The number of fused-ring (bicyclic) bond motifs is 3. The Morgan fingerprint density at radius 3 is 2.67 bits per heavy atom. The first-order valence-corrected chi connectivity index (χ1v) is 7.37. The maximum atomic E-state index is 12.4. The van der Waals surface area contributed by atoms with Crippen LogP contribution in [0.2, 0.25) is 0 Å². The molecular formula is C14H22N2O2. The Morgan fingerprint density at radius 1 is 1.11 bits per heavy atom. The molecule has 0 aromatic heterocycles. The van der Waals surface area contributed by atoms with Crippen LogP contribution in [0.5, 0.6) is 0 Å². The van der Waals surface area contributed by atoms with Crippen LogP contribution in [0.3, 0.4) is 0 Å². The van der Waals surface area contributed by atoms with Gasteiger partial charge in [-0.2, -0.15) is 0 Å². The summed E-state index contributed by atoms with van der Waals surface area (Å²) in [4.78, 5) is 28.1. The minimum atomic E-state index is -0.136. The van der Waals surface area contributed by atoms with Crippen LogP contribution in [0.4, 0.5) is 4.79 Å². The van der Waals surface area contributed by atoms with E-state index in [0.717, 1.165) is 25.7 Å². The van der Waals surface area contributed by atoms with Gasteiger partial charge in [0.2, 0.25) is 0 Å². The van der Waals surface area contributed by atoms with Crippen LogP contribution < -0.4 is 0 Å². The van der Waals surface area contributed by atoms with Crippen molar-refractivity contribution < 1.29 is 9.59 Å². The molecule has 0 radical (unpaired) electrons. The Labute approximate surface area is 108 Å². The van der Waals surface area contributed by atoms with Crippen LogP contribution in [-0.4, -0.2) is 40.4 Å². The summed E-state index contributed by atoms with van der Waals surface area (Å²) in [6.45, 7) is 2.60. The number of nitrogens with zero attached hydrogens (tertiary/aromatic N) is 2. The average molecular weight is 250 g/mol. The van der Waals surface area contributed by atoms with Gasteiger partial charge in [0.1, 0.15) is 6.04 Å². The molecule has 3 rings (SSSR count). The van der Waals surface area contributed by atoms with Gasteiger partial charge in [-0.1, -0.05) is 19.8 Å². The van der Waals surface area contributed by atoms with Crippen molar-refractivity contribution in [2.75, 3.05) is 6.54 Å². The van der Waals surface area contributed by atoms with Gasteiger partial charge in [-0.15, -0.1) is 0 Å². The first-order chi connectivity index (χ1) is 8.74. The molecule has 1 aliphatic carbocycles. The molecule has 18 heavy (non-hydrogen) atoms. The van der Waals surface area contributed by atoms with Crippen molar-refractivity contribution in [1.82, 2.24) is 9.80 Å². The number of carbonyl (C=O) groups excluding carboxylic acids is 2. The molecule has 0 aromatic rings. The quantitative estimate of drug-likeness (QED) is 0.706. The molecule has 2 heterocycles. The molecule has 0 N–H and O–H groups in total. The topological polar surface area (TPSA) is 40.6 Å². The molecule has 0 bridgehead atoms. The normalized spacial score (nSPS) is 35.7. The second kappa shape index (κ2) is 4.56. The molecule has 100 valence electrons. The Balaban J connectivity index is 1.85. The lowest BCUT2D eigenvalue weighted by atomic mass is 9.77. The largest absolute Gasteiger partial charge is 0.327 e. The van der Waals surface area contributed by atoms with Crippen LogP contribution in [0.15, 0.2) is 0 Å². The van der Waals surface area contributed by atoms with Crippen LogP contribution in [0.25, 0.3) is 0 Å². The molecule has 0 spiro atoms. The van der Waals surface area contributed by atoms with Gasteiger partial charge in [0.25, 0.3) is 5.91 Å². The van der Waals surface area contributed by atoms with Gasteiger partial charge >= 0.3 is 6.03 Å². The summed E-state index contributed by atoms with van der Waals surface area (Å²) in [6, 6.07) is 0.197. The summed E-state index contributed by atoms with van der Waals surface area (Å²) < 4.78 is 0. The van der Waals surface area contributed by atoms with E-state index in [9.17, 15) is 9.59 Å². The highest BCUT2D eigenvalue weighted by molar-refractivity contribution is 6.04. The maximum absolute atomic E-state index is 12.4. The van der Waals surface area contributed by atoms with Crippen LogP contribution in [0.1, 0.15) is 51.9 Å². The molecule has 3 aliphatic rings. The van der Waals surface area contributed by atoms with E-state index in [0.29, 0.717) is 18.5 Å². The third-order valence-corrected chi connectivity index (χ3v) is 4.82. The number of amides is 3. The van der Waals surface area contributed by atoms with Crippen molar-refractivity contribution in [2.45, 2.75) is 64.0 Å². The number of piperidine rings is 1. The molecule has 4 heteroatoms. The Kier molecular flexibility index (Phi) is 3.04. The molecule has 1 saturated carbocycles. The molecule has 0 aromatic carbocycles. The highest BCUT2D eigenvalue weighted by Crippen LogP contribution is 2.41. The lowest BCUT2D eigenvalue weighted by Crippen LogP contribution is -2.52. The van der Waals surface area contributed by atoms with Crippen LogP contribution >= 0.6 is 0 Å². The molecule has 2 aliphatic heterocycles. The fourth-order valence-corrected chi connectivity index (χ4v) is 3.99. The third-order valence-electron chi connectivity index (χ3n) is 4.82. The van der Waals surface area contributed by atoms with E-state index in [1.54, 1.807) is 0 Å². The van der Waals surface area contributed by atoms with Gasteiger partial charge in [-0.3, -0.25) is 9.69 Å². The van der Waals surface area contributed by atoms with Crippen molar-refractivity contribution >= 4 is 11.9 Å². The number of hydrogen-bond donors (Lipinski definition) is 0. The monoisotopic (exact) mass is 250 g/mol. The Hall–Kier alpha value is -1.06. The molecule has 3 atom stereocenters. The molecule has 3 fully saturated rings. The highest BCUT2D eigenvalue weighted by Gasteiger charge is 2.51. The van der Waals surface area contributed by atoms with Gasteiger partial charge < -0.3 is 4.90 Å². The van der Waals surface area contributed by atoms with E-state index in [2.05, 4.69) is 0 Å². The number of hydrogen-bond acceptors (Lipinski definition) is 2. The van der Waals surface area contributed by atoms with Crippen molar-refractivity contribution in [2.24, 2.45) is 5.92 Å². The smallest absolute Gasteiger partial charge is 0.309 e. The predicted molar refractivity (Wildman–Crippen MR) is 68.0 cm³/mol. The maximum Gasteiger partial charge on any atom is 0.327 e. The van der Waals surface area contributed by atoms with E-state index in [1.165, 1.54) is 24.2 Å². The summed E-state index contributed by atoms with van der Waals surface area (Å²) in [5.74, 6) is 0.708. The fourth-order valence-electron chi connectivity index (χ4n) is 3.99. The fraction of sp³-hybridized carbons (Fsp3) is 0.857. The van der Waals surface area contributed by atoms with E-state index >= 15 is 0 Å². The molecule has 2 saturated heterocycles. The average Bonchev–Trinajstić information content (AvgIpc) is 2.64. The van der Waals surface area contributed by atoms with Crippen LogP contribution in [-0.2, 0) is 4.79 Å². The minimum Gasteiger partial charge on any atom is -0.309 e. The van der Waals surface area contributed by atoms with Crippen molar-refractivity contribution in [1.29, 1.82) is 0 Å². The summed E-state index contributed by atoms with van der Waals surface area (Å²) in [7, 11) is 0. The molecule has 3 unspecified atom stereocenters. The zero-order valence-electron chi connectivity index (χ0n) is 11.1. The standard InChI is InChI=1S/C14H22N2O2/c1-2-9-15-13(17)12-8-7-10-5-3-4-6-11(10)16(12)14(15)18/h10-12H,2-9H2,1H3. The van der Waals surface area contributed by atoms with Crippen molar-refractivity contribution in [3.63, 3.8) is 0 Å². The van der Waals surface area contributed by atoms with E-state index < -0.39 is 0 Å². The zero-order chi connectivity index (χ0) is 12.7. The summed E-state index contributed by atoms with van der Waals surface area (Å²) in [5, 5.41) is 0. The summed E-state index contributed by atoms with van der Waals surface area (Å²) >= 11 is 0. The first-order valence-electron chi connectivity index (χ1n) is 7.37. The molecule has 3 amide bonds. The van der Waals surface area contributed by atoms with E-state index in [4.69, 9.17) is 0 Å². The van der Waals surface area contributed by atoms with Gasteiger partial charge in [0.15, 0.2) is 0 Å². The van der Waals surface area contributed by atoms with E-state index in [-0.39, 0.29) is 18.0 Å². The number of imide groups is 1. The highest BCUT2D eigenvalue weighted by atomic mass is 16.2. The molecular weight excluding hydrogens is 228 g/mol. The predicted octanol–water partition coefficient (Wildman–Crippen LogP) is 2.38. The second-order valence-corrected chi connectivity index (χ2v) is 5.88. The van der Waals surface area contributed by atoms with Gasteiger partial charge in [0, 0.05) is 12.6 Å². The third kappa shape index (κ3) is 1.65. The summed E-state index contributed by atoms with van der Waals surface area (Å²) in [6.07, 6.45) is 7.70. The number of carbonyl (C=O) groups is 2. The van der Waals surface area contributed by atoms with Gasteiger partial charge in [-0.05, 0) is 38.0 Å². The zero-order valence-corrected chi connectivity index (χ0v) is 11.1. The van der Waals surface area contributed by atoms with E-state index in [1.807, 2.05) is 11.8 Å².